The third kappa shape index (κ3) is 4.03. The fraction of sp³-hybridized carbons (Fsp3) is 0.381. The molecule has 0 radical (unpaired) electrons. The summed E-state index contributed by atoms with van der Waals surface area (Å²) >= 11 is 0. The Morgan fingerprint density at radius 2 is 1.69 bits per heavy atom. The minimum Gasteiger partial charge on any atom is -0.493 e. The lowest BCUT2D eigenvalue weighted by Gasteiger charge is -2.40. The molecule has 0 heterocycles. The number of hydrogen-bond donors (Lipinski definition) is 2. The van der Waals surface area contributed by atoms with Gasteiger partial charge in [-0.1, -0.05) is 18.6 Å². The Labute approximate surface area is 171 Å². The van der Waals surface area contributed by atoms with Gasteiger partial charge in [0.15, 0.2) is 11.5 Å². The molecule has 8 heteroatoms. The van der Waals surface area contributed by atoms with E-state index in [1.54, 1.807) is 18.2 Å². The molecule has 2 aromatic rings. The number of amides is 1. The first-order chi connectivity index (χ1) is 13.9. The van der Waals surface area contributed by atoms with Crippen LogP contribution in [-0.2, 0) is 20.2 Å². The van der Waals surface area contributed by atoms with E-state index in [1.807, 2.05) is 19.1 Å². The Morgan fingerprint density at radius 1 is 1.03 bits per heavy atom. The van der Waals surface area contributed by atoms with Crippen LogP contribution in [0.25, 0.3) is 0 Å². The highest BCUT2D eigenvalue weighted by atomic mass is 32.2. The quantitative estimate of drug-likeness (QED) is 0.687. The zero-order valence-corrected chi connectivity index (χ0v) is 17.6. The Morgan fingerprint density at radius 3 is 2.21 bits per heavy atom. The van der Waals surface area contributed by atoms with Gasteiger partial charge in [-0.25, -0.2) is 8.42 Å². The molecule has 2 aromatic carbocycles. The van der Waals surface area contributed by atoms with Crippen LogP contribution >= 0.6 is 0 Å². The van der Waals surface area contributed by atoms with Crippen molar-refractivity contribution in [3.8, 4) is 11.5 Å². The summed E-state index contributed by atoms with van der Waals surface area (Å²) in [5.74, 6) is 0.816. The van der Waals surface area contributed by atoms with Gasteiger partial charge < -0.3 is 14.8 Å². The fourth-order valence-corrected chi connectivity index (χ4v) is 4.64. The first-order valence-electron chi connectivity index (χ1n) is 9.50. The smallest absolute Gasteiger partial charge is 0.262 e. The van der Waals surface area contributed by atoms with E-state index >= 15 is 0 Å². The number of benzene rings is 2. The molecule has 0 spiro atoms. The summed E-state index contributed by atoms with van der Waals surface area (Å²) in [6.07, 6.45) is 2.61. The van der Waals surface area contributed by atoms with Gasteiger partial charge in [-0.05, 0) is 49.6 Å². The van der Waals surface area contributed by atoms with Gasteiger partial charge in [0.1, 0.15) is 0 Å². The van der Waals surface area contributed by atoms with E-state index in [1.165, 1.54) is 26.4 Å². The Bertz CT molecular complexity index is 983. The lowest BCUT2D eigenvalue weighted by Crippen LogP contribution is -2.49. The summed E-state index contributed by atoms with van der Waals surface area (Å²) in [4.78, 5) is 12.6. The second kappa shape index (κ2) is 8.32. The van der Waals surface area contributed by atoms with Crippen molar-refractivity contribution in [2.45, 2.75) is 36.5 Å². The van der Waals surface area contributed by atoms with Crippen LogP contribution in [-0.4, -0.2) is 35.1 Å². The summed E-state index contributed by atoms with van der Waals surface area (Å²) in [7, 11) is -0.863. The minimum atomic E-state index is -3.80. The average Bonchev–Trinajstić information content (AvgIpc) is 2.67. The van der Waals surface area contributed by atoms with Crippen molar-refractivity contribution < 1.29 is 22.7 Å². The molecule has 1 aliphatic rings. The maximum Gasteiger partial charge on any atom is 0.262 e. The molecule has 7 nitrogen and oxygen atoms in total. The van der Waals surface area contributed by atoms with E-state index in [0.29, 0.717) is 23.7 Å². The molecular formula is C21H26N2O5S. The predicted octanol–water partition coefficient (Wildman–Crippen LogP) is 3.06. The maximum atomic E-state index is 12.7. The molecule has 156 valence electrons. The molecule has 3 rings (SSSR count). The highest BCUT2D eigenvalue weighted by molar-refractivity contribution is 7.92. The van der Waals surface area contributed by atoms with Crippen LogP contribution < -0.4 is 19.5 Å². The second-order valence-electron chi connectivity index (χ2n) is 6.99. The minimum absolute atomic E-state index is 0.0323. The highest BCUT2D eigenvalue weighted by Crippen LogP contribution is 2.44. The average molecular weight is 419 g/mol. The van der Waals surface area contributed by atoms with Crippen molar-refractivity contribution in [1.29, 1.82) is 0 Å². The maximum absolute atomic E-state index is 12.7. The van der Waals surface area contributed by atoms with Gasteiger partial charge in [0.05, 0.1) is 24.5 Å². The molecule has 1 saturated carbocycles. The molecule has 0 bridgehead atoms. The number of likely N-dealkylation sites (N-methyl/N-ethyl adjacent to an activating group) is 1. The van der Waals surface area contributed by atoms with Crippen molar-refractivity contribution >= 4 is 21.6 Å². The molecular weight excluding hydrogens is 392 g/mol. The molecule has 0 atom stereocenters. The van der Waals surface area contributed by atoms with Crippen LogP contribution in [0.5, 0.6) is 11.5 Å². The van der Waals surface area contributed by atoms with E-state index in [4.69, 9.17) is 9.47 Å². The van der Waals surface area contributed by atoms with Gasteiger partial charge in [-0.2, -0.15) is 0 Å². The molecule has 29 heavy (non-hydrogen) atoms. The number of sulfonamides is 1. The zero-order chi connectivity index (χ0) is 21.1. The van der Waals surface area contributed by atoms with E-state index in [0.717, 1.165) is 24.8 Å². The number of hydrogen-bond acceptors (Lipinski definition) is 5. The first kappa shape index (κ1) is 21.0. The number of anilines is 1. The number of carbonyl (C=O) groups excluding carboxylic acids is 1. The largest absolute Gasteiger partial charge is 0.493 e. The standard InChI is InChI=1S/C21H26N2O5S/c1-4-22-20(24)21(12-5-13-21)15-6-8-16(9-7-15)23-29(25,26)17-10-11-18(27-2)19(14-17)28-3/h6-11,14,23H,4-5,12-13H2,1-3H3,(H,22,24). The van der Waals surface area contributed by atoms with Crippen molar-refractivity contribution in [2.75, 3.05) is 25.5 Å². The topological polar surface area (TPSA) is 93.7 Å². The van der Waals surface area contributed by atoms with Gasteiger partial charge in [-0.15, -0.1) is 0 Å². The summed E-state index contributed by atoms with van der Waals surface area (Å²) in [5, 5.41) is 2.91. The lowest BCUT2D eigenvalue weighted by atomic mass is 9.64. The molecule has 1 aliphatic carbocycles. The van der Waals surface area contributed by atoms with Gasteiger partial charge in [0.2, 0.25) is 5.91 Å². The molecule has 0 aromatic heterocycles. The monoisotopic (exact) mass is 418 g/mol. The SMILES string of the molecule is CCNC(=O)C1(c2ccc(NS(=O)(=O)c3ccc(OC)c(OC)c3)cc2)CCC1. The third-order valence-corrected chi connectivity index (χ3v) is 6.71. The van der Waals surface area contributed by atoms with Crippen molar-refractivity contribution in [3.63, 3.8) is 0 Å². The normalized spacial score (nSPS) is 15.1. The number of nitrogens with one attached hydrogen (secondary N) is 2. The molecule has 1 fully saturated rings. The zero-order valence-electron chi connectivity index (χ0n) is 16.8. The summed E-state index contributed by atoms with van der Waals surface area (Å²) in [6.45, 7) is 2.49. The molecule has 0 unspecified atom stereocenters. The van der Waals surface area contributed by atoms with Crippen molar-refractivity contribution in [2.24, 2.45) is 0 Å². The number of carbonyl (C=O) groups is 1. The highest BCUT2D eigenvalue weighted by Gasteiger charge is 2.45. The van der Waals surface area contributed by atoms with Crippen LogP contribution in [0.15, 0.2) is 47.4 Å². The van der Waals surface area contributed by atoms with E-state index in [-0.39, 0.29) is 10.8 Å². The fourth-order valence-electron chi connectivity index (χ4n) is 3.56. The van der Waals surface area contributed by atoms with Crippen LogP contribution in [0, 0.1) is 0 Å². The summed E-state index contributed by atoms with van der Waals surface area (Å²) in [6, 6.07) is 11.4. The van der Waals surface area contributed by atoms with Gasteiger partial charge in [0.25, 0.3) is 10.0 Å². The van der Waals surface area contributed by atoms with Crippen LogP contribution in [0.4, 0.5) is 5.69 Å². The molecule has 1 amide bonds. The predicted molar refractivity (Wildman–Crippen MR) is 111 cm³/mol. The van der Waals surface area contributed by atoms with Crippen LogP contribution in [0.2, 0.25) is 0 Å². The van der Waals surface area contributed by atoms with Gasteiger partial charge >= 0.3 is 0 Å². The summed E-state index contributed by atoms with van der Waals surface area (Å²) < 4.78 is 38.4. The molecule has 0 aliphatic heterocycles. The number of rotatable bonds is 8. The van der Waals surface area contributed by atoms with Crippen LogP contribution in [0.1, 0.15) is 31.7 Å². The van der Waals surface area contributed by atoms with E-state index < -0.39 is 15.4 Å². The lowest BCUT2D eigenvalue weighted by molar-refractivity contribution is -0.129. The van der Waals surface area contributed by atoms with Crippen molar-refractivity contribution in [3.05, 3.63) is 48.0 Å². The third-order valence-electron chi connectivity index (χ3n) is 5.33. The summed E-state index contributed by atoms with van der Waals surface area (Å²) in [5.41, 5.74) is 0.828. The number of methoxy groups -OCH3 is 2. The Balaban J connectivity index is 1.81. The van der Waals surface area contributed by atoms with Crippen LogP contribution in [0.3, 0.4) is 0 Å². The Hall–Kier alpha value is -2.74. The van der Waals surface area contributed by atoms with Crippen molar-refractivity contribution in [1.82, 2.24) is 5.32 Å². The first-order valence-corrected chi connectivity index (χ1v) is 11.0. The Kier molecular flexibility index (Phi) is 6.02. The number of ether oxygens (including phenoxy) is 2. The molecule has 0 saturated heterocycles. The van der Waals surface area contributed by atoms with E-state index in [9.17, 15) is 13.2 Å². The van der Waals surface area contributed by atoms with Gasteiger partial charge in [-0.3, -0.25) is 9.52 Å². The molecule has 2 N–H and O–H groups in total. The van der Waals surface area contributed by atoms with E-state index in [2.05, 4.69) is 10.0 Å². The van der Waals surface area contributed by atoms with Gasteiger partial charge in [0, 0.05) is 18.3 Å². The second-order valence-corrected chi connectivity index (χ2v) is 8.68.